The van der Waals surface area contributed by atoms with Gasteiger partial charge in [-0.25, -0.2) is 0 Å². The van der Waals surface area contributed by atoms with Gasteiger partial charge in [0.2, 0.25) is 5.24 Å². The van der Waals surface area contributed by atoms with Crippen LogP contribution < -0.4 is 0 Å². The second kappa shape index (κ2) is 16.5. The largest absolute Gasteiger partial charge is 0.336 e. The van der Waals surface area contributed by atoms with E-state index in [4.69, 9.17) is 0 Å². The topological polar surface area (TPSA) is 83.6 Å². The third kappa shape index (κ3) is 12.1. The molecule has 1 aromatic carbocycles. The van der Waals surface area contributed by atoms with Crippen LogP contribution in [0.1, 0.15) is 96.8 Å². The van der Waals surface area contributed by atoms with E-state index in [2.05, 4.69) is 6.92 Å². The van der Waals surface area contributed by atoms with Crippen LogP contribution in [-0.4, -0.2) is 26.1 Å². The summed E-state index contributed by atoms with van der Waals surface area (Å²) in [5.41, 5.74) is 0.0197. The highest BCUT2D eigenvalue weighted by atomic mass is 32.2. The van der Waals surface area contributed by atoms with Crippen LogP contribution in [0.15, 0.2) is 29.2 Å². The number of aliphatic hydroxyl groups excluding tert-OH is 1. The number of nitrogens with zero attached hydrogens (tertiary/aromatic N) is 1. The molecule has 0 aliphatic heterocycles. The zero-order valence-electron chi connectivity index (χ0n) is 18.0. The van der Waals surface area contributed by atoms with Gasteiger partial charge in [0.25, 0.3) is 5.69 Å². The van der Waals surface area contributed by atoms with Gasteiger partial charge in [0.1, 0.15) is 0 Å². The Hall–Kier alpha value is -1.24. The third-order valence-corrected chi connectivity index (χ3v) is 7.23. The number of rotatable bonds is 17. The van der Waals surface area contributed by atoms with Crippen molar-refractivity contribution >= 4 is 21.4 Å². The fraction of sp³-hybridized carbons (Fsp3) is 0.696. The first-order valence-corrected chi connectivity index (χ1v) is 12.7. The summed E-state index contributed by atoms with van der Waals surface area (Å²) in [7, 11) is -0.772. The zero-order chi connectivity index (χ0) is 21.3. The van der Waals surface area contributed by atoms with Crippen molar-refractivity contribution in [2.75, 3.05) is 5.75 Å². The zero-order valence-corrected chi connectivity index (χ0v) is 18.8. The molecule has 1 unspecified atom stereocenters. The van der Waals surface area contributed by atoms with Gasteiger partial charge >= 0.3 is 0 Å². The van der Waals surface area contributed by atoms with E-state index in [1.165, 1.54) is 89.2 Å². The molecular weight excluding hydrogens is 386 g/mol. The number of hydrogen-bond acceptors (Lipinski definition) is 2. The van der Waals surface area contributed by atoms with E-state index in [9.17, 15) is 20.3 Å². The molecule has 5 nitrogen and oxygen atoms in total. The Bertz CT molecular complexity index is 597. The van der Waals surface area contributed by atoms with Crippen LogP contribution in [0.5, 0.6) is 0 Å². The van der Waals surface area contributed by atoms with Crippen LogP contribution in [0.2, 0.25) is 0 Å². The molecule has 0 heterocycles. The maximum Gasteiger partial charge on any atom is 0.269 e. The van der Waals surface area contributed by atoms with Crippen LogP contribution >= 0.6 is 10.5 Å². The van der Waals surface area contributed by atoms with E-state index in [1.54, 1.807) is 12.1 Å². The first kappa shape index (κ1) is 25.8. The van der Waals surface area contributed by atoms with Crippen LogP contribution in [0.25, 0.3) is 0 Å². The third-order valence-electron chi connectivity index (χ3n) is 5.25. The number of aliphatic hydroxyl groups is 2. The molecule has 166 valence electrons. The molecule has 0 spiro atoms. The average Bonchev–Trinajstić information content (AvgIpc) is 2.71. The maximum absolute atomic E-state index is 10.7. The molecule has 1 atom stereocenters. The monoisotopic (exact) mass is 425 g/mol. The fourth-order valence-electron chi connectivity index (χ4n) is 3.49. The highest BCUT2D eigenvalue weighted by Gasteiger charge is 2.09. The SMILES string of the molecule is CCCCCCCCCCCCCCCCS(=C(O)O)c1ccc([N+](=O)[O-])cc1. The highest BCUT2D eigenvalue weighted by Crippen LogP contribution is 2.30. The minimum atomic E-state index is -0.772. The first-order chi connectivity index (χ1) is 14.1. The number of unbranched alkanes of at least 4 members (excludes halogenated alkanes) is 13. The van der Waals surface area contributed by atoms with Crippen molar-refractivity contribution in [2.45, 2.75) is 102 Å². The summed E-state index contributed by atoms with van der Waals surface area (Å²) in [5.74, 6) is 0.679. The van der Waals surface area contributed by atoms with Gasteiger partial charge in [0.05, 0.1) is 4.92 Å². The Morgan fingerprint density at radius 1 is 0.793 bits per heavy atom. The lowest BCUT2D eigenvalue weighted by molar-refractivity contribution is -0.384. The van der Waals surface area contributed by atoms with Crippen LogP contribution in [0.3, 0.4) is 0 Å². The molecular formula is C23H39NO4S. The number of benzene rings is 1. The Morgan fingerprint density at radius 3 is 1.59 bits per heavy atom. The first-order valence-electron chi connectivity index (χ1n) is 11.3. The predicted molar refractivity (Wildman–Crippen MR) is 124 cm³/mol. The second-order valence-electron chi connectivity index (χ2n) is 7.72. The van der Waals surface area contributed by atoms with Gasteiger partial charge in [-0.1, -0.05) is 90.4 Å². The quantitative estimate of drug-likeness (QED) is 0.115. The number of nitro groups is 1. The van der Waals surface area contributed by atoms with Crippen molar-refractivity contribution in [2.24, 2.45) is 0 Å². The van der Waals surface area contributed by atoms with Crippen molar-refractivity contribution in [3.8, 4) is 0 Å². The molecule has 0 aliphatic carbocycles. The van der Waals surface area contributed by atoms with Crippen LogP contribution in [0.4, 0.5) is 5.69 Å². The van der Waals surface area contributed by atoms with Crippen molar-refractivity contribution in [3.63, 3.8) is 0 Å². The summed E-state index contributed by atoms with van der Waals surface area (Å²) in [6, 6.07) is 6.09. The molecule has 0 aromatic heterocycles. The summed E-state index contributed by atoms with van der Waals surface area (Å²) in [5, 5.41) is 29.4. The molecule has 0 aliphatic rings. The van der Waals surface area contributed by atoms with Crippen molar-refractivity contribution in [3.05, 3.63) is 34.4 Å². The van der Waals surface area contributed by atoms with Crippen LogP contribution in [0, 0.1) is 10.1 Å². The number of hydrogen-bond donors (Lipinski definition) is 2. The van der Waals surface area contributed by atoms with E-state index in [-0.39, 0.29) is 5.69 Å². The van der Waals surface area contributed by atoms with Gasteiger partial charge in [0, 0.05) is 17.0 Å². The van der Waals surface area contributed by atoms with Crippen molar-refractivity contribution in [1.82, 2.24) is 0 Å². The lowest BCUT2D eigenvalue weighted by Gasteiger charge is -2.10. The highest BCUT2D eigenvalue weighted by molar-refractivity contribution is 8.15. The standard InChI is InChI=1S/C23H39NO4S/c1-2-3-4-5-6-7-8-9-10-11-12-13-14-15-20-29(23(25)26)22-18-16-21(17-19-22)24(27)28/h16-19,25-26H,2-15,20H2,1H3. The van der Waals surface area contributed by atoms with E-state index < -0.39 is 20.6 Å². The second-order valence-corrected chi connectivity index (χ2v) is 9.75. The summed E-state index contributed by atoms with van der Waals surface area (Å²) in [6.07, 6.45) is 18.1. The Balaban J connectivity index is 2.09. The minimum absolute atomic E-state index is 0.0197. The van der Waals surface area contributed by atoms with Crippen molar-refractivity contribution in [1.29, 1.82) is 0 Å². The van der Waals surface area contributed by atoms with E-state index in [1.807, 2.05) is 0 Å². The predicted octanol–water partition coefficient (Wildman–Crippen LogP) is 7.91. The smallest absolute Gasteiger partial charge is 0.269 e. The molecule has 1 rings (SSSR count). The Kier molecular flexibility index (Phi) is 14.7. The normalized spacial score (nSPS) is 12.1. The van der Waals surface area contributed by atoms with Gasteiger partial charge in [-0.3, -0.25) is 10.1 Å². The summed E-state index contributed by atoms with van der Waals surface area (Å²) in [6.45, 7) is 2.26. The molecule has 0 amide bonds. The van der Waals surface area contributed by atoms with Gasteiger partial charge < -0.3 is 10.2 Å². The summed E-state index contributed by atoms with van der Waals surface area (Å²) in [4.78, 5) is 11.0. The molecule has 29 heavy (non-hydrogen) atoms. The lowest BCUT2D eigenvalue weighted by atomic mass is 10.0. The number of non-ortho nitro benzene ring substituents is 1. The minimum Gasteiger partial charge on any atom is -0.336 e. The van der Waals surface area contributed by atoms with E-state index in [0.717, 1.165) is 17.7 Å². The number of nitro benzene ring substituents is 1. The van der Waals surface area contributed by atoms with Crippen LogP contribution in [-0.2, 0) is 0 Å². The molecule has 0 bridgehead atoms. The van der Waals surface area contributed by atoms with Gasteiger partial charge in [-0.15, -0.1) is 10.5 Å². The van der Waals surface area contributed by atoms with E-state index in [0.29, 0.717) is 5.75 Å². The van der Waals surface area contributed by atoms with Gasteiger partial charge in [-0.05, 0) is 24.3 Å². The maximum atomic E-state index is 10.7. The Labute approximate surface area is 178 Å². The summed E-state index contributed by atoms with van der Waals surface area (Å²) < 4.78 is 0. The fourth-order valence-corrected chi connectivity index (χ4v) is 5.07. The van der Waals surface area contributed by atoms with Crippen molar-refractivity contribution < 1.29 is 15.1 Å². The van der Waals surface area contributed by atoms with Gasteiger partial charge in [-0.2, -0.15) is 0 Å². The van der Waals surface area contributed by atoms with Gasteiger partial charge in [0.15, 0.2) is 0 Å². The molecule has 6 heteroatoms. The molecule has 0 radical (unpaired) electrons. The molecule has 0 saturated heterocycles. The van der Waals surface area contributed by atoms with E-state index >= 15 is 0 Å². The average molecular weight is 426 g/mol. The lowest BCUT2D eigenvalue weighted by Crippen LogP contribution is -1.98. The summed E-state index contributed by atoms with van der Waals surface area (Å²) >= 11 is 0. The molecule has 0 saturated carbocycles. The molecule has 2 N–H and O–H groups in total. The molecule has 0 fully saturated rings. The molecule has 1 aromatic rings. The Morgan fingerprint density at radius 2 is 1.21 bits per heavy atom.